The SMILES string of the molecule is NC(=O)C1CN(CC2(O)CCN(c3nc(Oc4cccc(F)c4)cc(C(F)(F)F)n3)C2)C1. The molecule has 1 amide bonds. The molecule has 4 rings (SSSR count). The lowest BCUT2D eigenvalue weighted by atomic mass is 9.95. The van der Waals surface area contributed by atoms with Gasteiger partial charge in [0.2, 0.25) is 17.7 Å². The van der Waals surface area contributed by atoms with Crippen molar-refractivity contribution < 1.29 is 32.2 Å². The monoisotopic (exact) mass is 455 g/mol. The van der Waals surface area contributed by atoms with Crippen molar-refractivity contribution in [1.29, 1.82) is 0 Å². The highest BCUT2D eigenvalue weighted by atomic mass is 19.4. The summed E-state index contributed by atoms with van der Waals surface area (Å²) < 4.78 is 58.9. The van der Waals surface area contributed by atoms with E-state index >= 15 is 0 Å². The van der Waals surface area contributed by atoms with Crippen molar-refractivity contribution in [2.24, 2.45) is 11.7 Å². The van der Waals surface area contributed by atoms with Gasteiger partial charge in [-0.1, -0.05) is 6.07 Å². The highest BCUT2D eigenvalue weighted by Crippen LogP contribution is 2.34. The lowest BCUT2D eigenvalue weighted by molar-refractivity contribution is -0.141. The summed E-state index contributed by atoms with van der Waals surface area (Å²) in [6.45, 7) is 1.35. The van der Waals surface area contributed by atoms with Gasteiger partial charge in [0.15, 0.2) is 5.69 Å². The summed E-state index contributed by atoms with van der Waals surface area (Å²) in [6.07, 6.45) is -4.47. The maximum atomic E-state index is 13.4. The Labute approximate surface area is 180 Å². The molecule has 0 radical (unpaired) electrons. The Morgan fingerprint density at radius 2 is 2.03 bits per heavy atom. The van der Waals surface area contributed by atoms with Crippen LogP contribution in [-0.2, 0) is 11.0 Å². The highest BCUT2D eigenvalue weighted by Gasteiger charge is 2.43. The molecule has 1 unspecified atom stereocenters. The van der Waals surface area contributed by atoms with E-state index in [-0.39, 0.29) is 43.7 Å². The number of benzene rings is 1. The van der Waals surface area contributed by atoms with Gasteiger partial charge >= 0.3 is 6.18 Å². The average Bonchev–Trinajstić information content (AvgIpc) is 3.05. The fourth-order valence-corrected chi connectivity index (χ4v) is 3.85. The third-order valence-electron chi connectivity index (χ3n) is 5.49. The third kappa shape index (κ3) is 4.91. The molecule has 1 aromatic heterocycles. The van der Waals surface area contributed by atoms with Crippen LogP contribution < -0.4 is 15.4 Å². The molecule has 12 heteroatoms. The van der Waals surface area contributed by atoms with Gasteiger partial charge in [-0.2, -0.15) is 18.2 Å². The van der Waals surface area contributed by atoms with Crippen molar-refractivity contribution in [1.82, 2.24) is 14.9 Å². The first-order chi connectivity index (χ1) is 15.0. The summed E-state index contributed by atoms with van der Waals surface area (Å²) in [5, 5.41) is 10.9. The normalized spacial score (nSPS) is 22.1. The van der Waals surface area contributed by atoms with Crippen LogP contribution in [0.2, 0.25) is 0 Å². The van der Waals surface area contributed by atoms with Crippen LogP contribution in [0, 0.1) is 11.7 Å². The minimum Gasteiger partial charge on any atom is -0.439 e. The number of ether oxygens (including phenoxy) is 1. The maximum Gasteiger partial charge on any atom is 0.433 e. The molecule has 1 atom stereocenters. The standard InChI is InChI=1S/C20H21F4N5O3/c21-13-2-1-3-14(6-13)32-16-7-15(20(22,23)24)26-18(27-16)29-5-4-19(31,11-29)10-28-8-12(9-28)17(25)30/h1-3,6-7,12,31H,4-5,8-11H2,(H2,25,30). The predicted molar refractivity (Wildman–Crippen MR) is 104 cm³/mol. The maximum absolute atomic E-state index is 13.4. The van der Waals surface area contributed by atoms with Crippen LogP contribution in [0.15, 0.2) is 30.3 Å². The topological polar surface area (TPSA) is 105 Å². The van der Waals surface area contributed by atoms with E-state index in [9.17, 15) is 27.5 Å². The van der Waals surface area contributed by atoms with E-state index in [0.29, 0.717) is 19.2 Å². The van der Waals surface area contributed by atoms with Gasteiger partial charge in [-0.05, 0) is 18.6 Å². The van der Waals surface area contributed by atoms with Crippen molar-refractivity contribution in [3.05, 3.63) is 41.8 Å². The Hall–Kier alpha value is -2.99. The number of β-amino-alcohol motifs (C(OH)–C–C–N with tert-alkyl or cyclic N) is 1. The first-order valence-corrected chi connectivity index (χ1v) is 9.89. The van der Waals surface area contributed by atoms with Crippen LogP contribution in [0.25, 0.3) is 0 Å². The van der Waals surface area contributed by atoms with E-state index in [1.54, 1.807) is 0 Å². The van der Waals surface area contributed by atoms with Gasteiger partial charge in [-0.25, -0.2) is 9.37 Å². The zero-order valence-electron chi connectivity index (χ0n) is 16.8. The summed E-state index contributed by atoms with van der Waals surface area (Å²) >= 11 is 0. The number of carbonyl (C=O) groups is 1. The lowest BCUT2D eigenvalue weighted by Crippen LogP contribution is -2.57. The van der Waals surface area contributed by atoms with Crippen LogP contribution in [0.1, 0.15) is 12.1 Å². The third-order valence-corrected chi connectivity index (χ3v) is 5.49. The first-order valence-electron chi connectivity index (χ1n) is 9.89. The van der Waals surface area contributed by atoms with Gasteiger partial charge in [0.1, 0.15) is 11.6 Å². The Kier molecular flexibility index (Phi) is 5.67. The van der Waals surface area contributed by atoms with E-state index in [4.69, 9.17) is 10.5 Å². The van der Waals surface area contributed by atoms with Gasteiger partial charge in [0.25, 0.3) is 0 Å². The number of hydrogen-bond acceptors (Lipinski definition) is 7. The number of anilines is 1. The molecule has 2 aliphatic heterocycles. The predicted octanol–water partition coefficient (Wildman–Crippen LogP) is 1.79. The van der Waals surface area contributed by atoms with Crippen LogP contribution in [-0.4, -0.2) is 64.2 Å². The van der Waals surface area contributed by atoms with Crippen molar-refractivity contribution in [2.45, 2.75) is 18.2 Å². The zero-order chi connectivity index (χ0) is 23.1. The second-order valence-electron chi connectivity index (χ2n) is 8.14. The average molecular weight is 455 g/mol. The minimum absolute atomic E-state index is 0.00541. The number of nitrogens with zero attached hydrogens (tertiary/aromatic N) is 4. The number of alkyl halides is 3. The Morgan fingerprint density at radius 1 is 1.28 bits per heavy atom. The molecule has 8 nitrogen and oxygen atoms in total. The Morgan fingerprint density at radius 3 is 2.69 bits per heavy atom. The van der Waals surface area contributed by atoms with Crippen molar-refractivity contribution in [2.75, 3.05) is 37.6 Å². The fourth-order valence-electron chi connectivity index (χ4n) is 3.85. The number of halogens is 4. The van der Waals surface area contributed by atoms with Gasteiger partial charge in [-0.15, -0.1) is 0 Å². The number of carbonyl (C=O) groups excluding carboxylic acids is 1. The van der Waals surface area contributed by atoms with Gasteiger partial charge in [-0.3, -0.25) is 9.69 Å². The quantitative estimate of drug-likeness (QED) is 0.640. The number of amides is 1. The molecule has 32 heavy (non-hydrogen) atoms. The van der Waals surface area contributed by atoms with Crippen LogP contribution in [0.4, 0.5) is 23.5 Å². The van der Waals surface area contributed by atoms with E-state index in [1.165, 1.54) is 23.1 Å². The lowest BCUT2D eigenvalue weighted by Gasteiger charge is -2.41. The van der Waals surface area contributed by atoms with Crippen LogP contribution in [0.3, 0.4) is 0 Å². The summed E-state index contributed by atoms with van der Waals surface area (Å²) in [5.74, 6) is -1.92. The van der Waals surface area contributed by atoms with E-state index in [1.807, 2.05) is 4.90 Å². The molecule has 0 saturated carbocycles. The number of nitrogens with two attached hydrogens (primary N) is 1. The van der Waals surface area contributed by atoms with Crippen molar-refractivity contribution >= 4 is 11.9 Å². The second kappa shape index (κ2) is 8.17. The van der Waals surface area contributed by atoms with Crippen LogP contribution >= 0.6 is 0 Å². The van der Waals surface area contributed by atoms with Crippen molar-refractivity contribution in [3.63, 3.8) is 0 Å². The number of likely N-dealkylation sites (tertiary alicyclic amines) is 1. The number of hydrogen-bond donors (Lipinski definition) is 2. The molecular weight excluding hydrogens is 434 g/mol. The highest BCUT2D eigenvalue weighted by molar-refractivity contribution is 5.78. The number of aromatic nitrogens is 2. The summed E-state index contributed by atoms with van der Waals surface area (Å²) in [6, 6.07) is 5.58. The molecule has 2 fully saturated rings. The molecule has 2 saturated heterocycles. The molecular formula is C20H21F4N5O3. The smallest absolute Gasteiger partial charge is 0.433 e. The Balaban J connectivity index is 1.51. The number of aliphatic hydroxyl groups is 1. The van der Waals surface area contributed by atoms with Gasteiger partial charge < -0.3 is 20.5 Å². The first kappa shape index (κ1) is 22.2. The summed E-state index contributed by atoms with van der Waals surface area (Å²) in [4.78, 5) is 22.1. The number of primary amides is 1. The molecule has 172 valence electrons. The molecule has 0 aliphatic carbocycles. The van der Waals surface area contributed by atoms with Crippen LogP contribution in [0.5, 0.6) is 11.6 Å². The molecule has 2 aliphatic rings. The Bertz CT molecular complexity index is 1010. The van der Waals surface area contributed by atoms with Crippen molar-refractivity contribution in [3.8, 4) is 11.6 Å². The molecule has 2 aromatic rings. The molecule has 3 heterocycles. The van der Waals surface area contributed by atoms with E-state index in [0.717, 1.165) is 6.07 Å². The number of rotatable bonds is 6. The summed E-state index contributed by atoms with van der Waals surface area (Å²) in [5.41, 5.74) is 2.83. The van der Waals surface area contributed by atoms with Gasteiger partial charge in [0.05, 0.1) is 18.1 Å². The van der Waals surface area contributed by atoms with Gasteiger partial charge in [0, 0.05) is 38.3 Å². The molecule has 3 N–H and O–H groups in total. The molecule has 0 bridgehead atoms. The van der Waals surface area contributed by atoms with E-state index in [2.05, 4.69) is 9.97 Å². The second-order valence-corrected chi connectivity index (χ2v) is 8.14. The summed E-state index contributed by atoms with van der Waals surface area (Å²) in [7, 11) is 0. The molecule has 1 aromatic carbocycles. The largest absolute Gasteiger partial charge is 0.439 e. The zero-order valence-corrected chi connectivity index (χ0v) is 16.8. The fraction of sp³-hybridized carbons (Fsp3) is 0.450. The van der Waals surface area contributed by atoms with E-state index < -0.39 is 35.1 Å². The molecule has 0 spiro atoms. The minimum atomic E-state index is -4.75.